The Morgan fingerprint density at radius 3 is 1.80 bits per heavy atom. The Hall–Kier alpha value is -4.35. The molecule has 0 aromatic heterocycles. The minimum Gasteiger partial charge on any atom is -0.507 e. The number of nitrogen functional groups attached to an aromatic ring is 1. The van der Waals surface area contributed by atoms with Gasteiger partial charge in [-0.1, -0.05) is 12.1 Å². The SMILES string of the molecule is CC(=O)Nc1ccc(S(=O)(=O)O)c(N)c1.O=C(Nc1cc(S(=O)(=O)O)cc2cc(S(=O)(=O)O)cc(O)c12)c1ccc(CS(=O)(=O)CCCl)cc1. The normalized spacial score (nSPS) is 12.1. The molecule has 0 aliphatic carbocycles. The van der Waals surface area contributed by atoms with Gasteiger partial charge in [-0.15, -0.1) is 11.6 Å². The number of phenols is 1. The summed E-state index contributed by atoms with van der Waals surface area (Å²) in [7, 11) is -17.3. The summed E-state index contributed by atoms with van der Waals surface area (Å²) >= 11 is 5.47. The summed E-state index contributed by atoms with van der Waals surface area (Å²) in [4.78, 5) is 21.6. The second-order valence-electron chi connectivity index (χ2n) is 10.3. The van der Waals surface area contributed by atoms with Crippen LogP contribution in [0.2, 0.25) is 0 Å². The van der Waals surface area contributed by atoms with E-state index < -0.39 is 61.6 Å². The van der Waals surface area contributed by atoms with Crippen molar-refractivity contribution >= 4 is 91.4 Å². The molecule has 2 amide bonds. The highest BCUT2D eigenvalue weighted by Crippen LogP contribution is 2.37. The quantitative estimate of drug-likeness (QED) is 0.0690. The highest BCUT2D eigenvalue weighted by atomic mass is 35.5. The molecular formula is C28H28ClN3O14S4. The fraction of sp³-hybridized carbons (Fsp3) is 0.143. The molecule has 4 rings (SSSR count). The standard InChI is InChI=1S/C20H18ClNO10S3.C8H10N2O4S/c21-5-6-33(25,26)11-12-1-3-13(4-2-12)20(24)22-17-9-15(34(27,28)29)7-14-8-16(35(30,31)32)10-18(23)19(14)17;1-5(11)10-6-2-3-8(7(9)4-6)15(12,13)14/h1-4,7-10,23H,5-6,11H2,(H,22,24)(H,27,28,29)(H,30,31,32);2-4H,9H2,1H3,(H,10,11)(H,12,13,14). The van der Waals surface area contributed by atoms with Crippen molar-refractivity contribution in [1.29, 1.82) is 0 Å². The van der Waals surface area contributed by atoms with Gasteiger partial charge in [-0.25, -0.2) is 8.42 Å². The predicted octanol–water partition coefficient (Wildman–Crippen LogP) is 2.92. The number of alkyl halides is 1. The van der Waals surface area contributed by atoms with Crippen molar-refractivity contribution in [2.75, 3.05) is 28.0 Å². The molecule has 8 N–H and O–H groups in total. The van der Waals surface area contributed by atoms with Gasteiger partial charge in [0.15, 0.2) is 9.84 Å². The van der Waals surface area contributed by atoms with Gasteiger partial charge in [0.2, 0.25) is 5.91 Å². The minimum atomic E-state index is -4.82. The fourth-order valence-corrected chi connectivity index (χ4v) is 7.75. The number of hydrogen-bond donors (Lipinski definition) is 7. The van der Waals surface area contributed by atoms with Gasteiger partial charge in [0.25, 0.3) is 36.3 Å². The average Bonchev–Trinajstić information content (AvgIpc) is 2.95. The highest BCUT2D eigenvalue weighted by Gasteiger charge is 2.21. The van der Waals surface area contributed by atoms with Crippen molar-refractivity contribution in [3.8, 4) is 5.75 Å². The molecule has 0 saturated heterocycles. The number of nitrogens with one attached hydrogen (secondary N) is 2. The molecule has 50 heavy (non-hydrogen) atoms. The Kier molecular flexibility index (Phi) is 12.2. The third kappa shape index (κ3) is 10.8. The minimum absolute atomic E-state index is 0.0444. The molecule has 4 aromatic carbocycles. The van der Waals surface area contributed by atoms with Crippen molar-refractivity contribution in [1.82, 2.24) is 0 Å². The first kappa shape index (κ1) is 40.1. The van der Waals surface area contributed by atoms with Crippen molar-refractivity contribution in [3.05, 3.63) is 77.9 Å². The number of benzene rings is 4. The second kappa shape index (κ2) is 15.3. The van der Waals surface area contributed by atoms with Gasteiger partial charge in [-0.2, -0.15) is 25.3 Å². The van der Waals surface area contributed by atoms with Crippen LogP contribution in [0.1, 0.15) is 22.8 Å². The number of amides is 2. The molecule has 0 radical (unpaired) electrons. The highest BCUT2D eigenvalue weighted by molar-refractivity contribution is 7.90. The second-order valence-corrected chi connectivity index (χ2v) is 17.1. The summed E-state index contributed by atoms with van der Waals surface area (Å²) in [5.74, 6) is -2.34. The van der Waals surface area contributed by atoms with E-state index in [0.29, 0.717) is 17.3 Å². The van der Waals surface area contributed by atoms with E-state index in [1.165, 1.54) is 43.3 Å². The van der Waals surface area contributed by atoms with Crippen LogP contribution in [0.4, 0.5) is 17.1 Å². The molecular weight excluding hydrogens is 766 g/mol. The van der Waals surface area contributed by atoms with Crippen molar-refractivity contribution in [3.63, 3.8) is 0 Å². The smallest absolute Gasteiger partial charge is 0.296 e. The summed E-state index contributed by atoms with van der Waals surface area (Å²) in [5.41, 5.74) is 5.80. The van der Waals surface area contributed by atoms with E-state index in [9.17, 15) is 57.5 Å². The Balaban J connectivity index is 0.000000376. The predicted molar refractivity (Wildman–Crippen MR) is 183 cm³/mol. The molecule has 4 aromatic rings. The van der Waals surface area contributed by atoms with E-state index in [1.54, 1.807) is 0 Å². The number of anilines is 3. The Morgan fingerprint density at radius 2 is 1.32 bits per heavy atom. The van der Waals surface area contributed by atoms with E-state index in [4.69, 9.17) is 21.9 Å². The van der Waals surface area contributed by atoms with Crippen LogP contribution in [0.15, 0.2) is 81.4 Å². The number of carbonyl (C=O) groups excluding carboxylic acids is 2. The van der Waals surface area contributed by atoms with Crippen LogP contribution in [0, 0.1) is 0 Å². The van der Waals surface area contributed by atoms with Crippen LogP contribution in [0.3, 0.4) is 0 Å². The maximum atomic E-state index is 12.8. The van der Waals surface area contributed by atoms with Gasteiger partial charge in [0.05, 0.1) is 32.7 Å². The Bertz CT molecular complexity index is 2410. The number of hydrogen-bond acceptors (Lipinski definition) is 12. The third-order valence-electron chi connectivity index (χ3n) is 6.42. The zero-order valence-corrected chi connectivity index (χ0v) is 29.5. The Labute approximate surface area is 291 Å². The van der Waals surface area contributed by atoms with Crippen molar-refractivity contribution < 1.29 is 62.0 Å². The largest absolute Gasteiger partial charge is 0.507 e. The lowest BCUT2D eigenvalue weighted by Crippen LogP contribution is -2.14. The monoisotopic (exact) mass is 793 g/mol. The third-order valence-corrected chi connectivity index (χ3v) is 11.0. The van der Waals surface area contributed by atoms with Gasteiger partial charge in [-0.05, 0) is 59.5 Å². The number of fused-ring (bicyclic) bond motifs is 1. The summed E-state index contributed by atoms with van der Waals surface area (Å²) in [5, 5.41) is 14.8. The zero-order valence-electron chi connectivity index (χ0n) is 25.4. The molecule has 0 bridgehead atoms. The maximum Gasteiger partial charge on any atom is 0.296 e. The molecule has 0 unspecified atom stereocenters. The first-order valence-corrected chi connectivity index (χ1v) is 20.2. The number of halogens is 1. The van der Waals surface area contributed by atoms with E-state index in [0.717, 1.165) is 24.3 Å². The van der Waals surface area contributed by atoms with Crippen LogP contribution < -0.4 is 16.4 Å². The number of aromatic hydroxyl groups is 1. The van der Waals surface area contributed by atoms with Crippen LogP contribution in [0.5, 0.6) is 5.75 Å². The molecule has 22 heteroatoms. The number of sulfone groups is 1. The molecule has 0 aliphatic heterocycles. The zero-order chi connectivity index (χ0) is 37.8. The molecule has 0 aliphatic rings. The molecule has 0 atom stereocenters. The first-order valence-electron chi connectivity index (χ1n) is 13.5. The molecule has 0 spiro atoms. The van der Waals surface area contributed by atoms with E-state index in [2.05, 4.69) is 10.6 Å². The van der Waals surface area contributed by atoms with Gasteiger partial charge in [0, 0.05) is 35.5 Å². The first-order chi connectivity index (χ1) is 22.9. The average molecular weight is 794 g/mol. The molecule has 0 saturated carbocycles. The van der Waals surface area contributed by atoms with Crippen LogP contribution in [-0.2, 0) is 50.7 Å². The molecule has 0 heterocycles. The number of nitrogens with two attached hydrogens (primary N) is 1. The Morgan fingerprint density at radius 1 is 0.760 bits per heavy atom. The number of rotatable bonds is 10. The summed E-state index contributed by atoms with van der Waals surface area (Å²) in [6.45, 7) is 1.31. The fourth-order valence-electron chi connectivity index (χ4n) is 4.29. The maximum absolute atomic E-state index is 12.8. The van der Waals surface area contributed by atoms with Crippen LogP contribution >= 0.6 is 11.6 Å². The van der Waals surface area contributed by atoms with E-state index >= 15 is 0 Å². The molecule has 270 valence electrons. The van der Waals surface area contributed by atoms with Gasteiger partial charge in [0.1, 0.15) is 10.6 Å². The molecule has 17 nitrogen and oxygen atoms in total. The van der Waals surface area contributed by atoms with Gasteiger partial charge >= 0.3 is 0 Å². The summed E-state index contributed by atoms with van der Waals surface area (Å²) < 4.78 is 119. The number of carbonyl (C=O) groups is 2. The van der Waals surface area contributed by atoms with Gasteiger partial charge in [-0.3, -0.25) is 23.2 Å². The van der Waals surface area contributed by atoms with Crippen LogP contribution in [-0.4, -0.2) is 75.9 Å². The van der Waals surface area contributed by atoms with E-state index in [-0.39, 0.29) is 55.9 Å². The van der Waals surface area contributed by atoms with Crippen LogP contribution in [0.25, 0.3) is 10.8 Å². The lowest BCUT2D eigenvalue weighted by atomic mass is 10.1. The van der Waals surface area contributed by atoms with Crippen molar-refractivity contribution in [2.45, 2.75) is 27.4 Å². The molecule has 0 fully saturated rings. The van der Waals surface area contributed by atoms with Crippen molar-refractivity contribution in [2.24, 2.45) is 0 Å². The number of phenolic OH excluding ortho intramolecular Hbond substituents is 1. The summed E-state index contributed by atoms with van der Waals surface area (Å²) in [6, 6.07) is 12.4. The van der Waals surface area contributed by atoms with E-state index in [1.807, 2.05) is 0 Å². The lowest BCUT2D eigenvalue weighted by Gasteiger charge is -2.13. The lowest BCUT2D eigenvalue weighted by molar-refractivity contribution is -0.114. The summed E-state index contributed by atoms with van der Waals surface area (Å²) in [6.07, 6.45) is 0. The topological polar surface area (TPSA) is 302 Å². The van der Waals surface area contributed by atoms with Gasteiger partial charge < -0.3 is 21.5 Å².